The molecule has 0 unspecified atom stereocenters. The Labute approximate surface area is 159 Å². The van der Waals surface area contributed by atoms with Crippen LogP contribution < -0.4 is 0 Å². The molecule has 3 rings (SSSR count). The number of hydrogen-bond donors (Lipinski definition) is 0. The number of sulfonamides is 1. The van der Waals surface area contributed by atoms with Crippen LogP contribution in [0, 0.1) is 6.92 Å². The predicted octanol–water partition coefficient (Wildman–Crippen LogP) is 3.15. The van der Waals surface area contributed by atoms with Crippen LogP contribution in [0.15, 0.2) is 59.5 Å². The summed E-state index contributed by atoms with van der Waals surface area (Å²) in [6.45, 7) is 3.96. The van der Waals surface area contributed by atoms with Gasteiger partial charge in [0, 0.05) is 12.6 Å². The highest BCUT2D eigenvalue weighted by Crippen LogP contribution is 2.38. The number of alkyl halides is 1. The molecule has 26 heavy (non-hydrogen) atoms. The Kier molecular flexibility index (Phi) is 5.37. The molecular formula is C19H21ClN2O3S. The maximum absolute atomic E-state index is 13.3. The van der Waals surface area contributed by atoms with Crippen molar-refractivity contribution in [2.75, 3.05) is 12.4 Å². The van der Waals surface area contributed by atoms with Crippen LogP contribution in [0.2, 0.25) is 0 Å². The van der Waals surface area contributed by atoms with E-state index in [1.165, 1.54) is 4.31 Å². The smallest absolute Gasteiger partial charge is 0.245 e. The molecule has 2 aromatic carbocycles. The van der Waals surface area contributed by atoms with Crippen LogP contribution in [0.4, 0.5) is 0 Å². The fourth-order valence-corrected chi connectivity index (χ4v) is 5.09. The van der Waals surface area contributed by atoms with Crippen molar-refractivity contribution >= 4 is 27.5 Å². The lowest BCUT2D eigenvalue weighted by atomic mass is 10.1. The minimum absolute atomic E-state index is 0.188. The SMILES string of the molecule is Cc1ccc(S(=O)(=O)N2C[C@@H](C)N(C(=O)CCl)[C@H]2c2ccccc2)cc1. The van der Waals surface area contributed by atoms with Gasteiger partial charge in [0.1, 0.15) is 12.0 Å². The number of hydrogen-bond acceptors (Lipinski definition) is 3. The fourth-order valence-electron chi connectivity index (χ4n) is 3.31. The third-order valence-corrected chi connectivity index (χ3v) is 6.65. The summed E-state index contributed by atoms with van der Waals surface area (Å²) in [5.41, 5.74) is 1.73. The number of amides is 1. The minimum atomic E-state index is -3.76. The first-order chi connectivity index (χ1) is 12.4. The van der Waals surface area contributed by atoms with E-state index in [2.05, 4.69) is 0 Å². The maximum atomic E-state index is 13.3. The predicted molar refractivity (Wildman–Crippen MR) is 101 cm³/mol. The van der Waals surface area contributed by atoms with E-state index in [0.717, 1.165) is 11.1 Å². The van der Waals surface area contributed by atoms with E-state index in [4.69, 9.17) is 11.6 Å². The van der Waals surface area contributed by atoms with Crippen LogP contribution in [0.25, 0.3) is 0 Å². The van der Waals surface area contributed by atoms with Crippen molar-refractivity contribution in [1.29, 1.82) is 0 Å². The molecule has 0 N–H and O–H groups in total. The first kappa shape index (κ1) is 18.9. The van der Waals surface area contributed by atoms with Crippen molar-refractivity contribution in [3.8, 4) is 0 Å². The van der Waals surface area contributed by atoms with Crippen LogP contribution in [-0.2, 0) is 14.8 Å². The first-order valence-corrected chi connectivity index (χ1v) is 10.3. The summed E-state index contributed by atoms with van der Waals surface area (Å²) in [6, 6.07) is 15.6. The average molecular weight is 393 g/mol. The molecule has 2 atom stereocenters. The highest BCUT2D eigenvalue weighted by molar-refractivity contribution is 7.89. The normalized spacial score (nSPS) is 21.1. The lowest BCUT2D eigenvalue weighted by Gasteiger charge is -2.31. The highest BCUT2D eigenvalue weighted by Gasteiger charge is 2.46. The monoisotopic (exact) mass is 392 g/mol. The average Bonchev–Trinajstić information content (AvgIpc) is 3.00. The molecule has 2 aromatic rings. The molecule has 5 nitrogen and oxygen atoms in total. The zero-order chi connectivity index (χ0) is 18.9. The summed E-state index contributed by atoms with van der Waals surface area (Å²) in [4.78, 5) is 14.2. The molecule has 0 spiro atoms. The second-order valence-corrected chi connectivity index (χ2v) is 8.61. The standard InChI is InChI=1S/C19H21ClN2O3S/c1-14-8-10-17(11-9-14)26(24,25)21-13-15(2)22(18(23)12-20)19(21)16-6-4-3-5-7-16/h3-11,15,19H,12-13H2,1-2H3/t15-,19+/m1/s1. The summed E-state index contributed by atoms with van der Waals surface area (Å²) < 4.78 is 28.0. The van der Waals surface area contributed by atoms with Crippen LogP contribution >= 0.6 is 11.6 Å². The van der Waals surface area contributed by atoms with E-state index in [9.17, 15) is 13.2 Å². The quantitative estimate of drug-likeness (QED) is 0.751. The van der Waals surface area contributed by atoms with E-state index < -0.39 is 16.2 Å². The number of halogens is 1. The topological polar surface area (TPSA) is 57.7 Å². The molecule has 1 heterocycles. The second-order valence-electron chi connectivity index (χ2n) is 6.46. The zero-order valence-electron chi connectivity index (χ0n) is 14.7. The molecule has 1 saturated heterocycles. The fraction of sp³-hybridized carbons (Fsp3) is 0.316. The van der Waals surface area contributed by atoms with Crippen molar-refractivity contribution in [3.63, 3.8) is 0 Å². The van der Waals surface area contributed by atoms with Crippen LogP contribution in [0.3, 0.4) is 0 Å². The van der Waals surface area contributed by atoms with E-state index >= 15 is 0 Å². The Bertz CT molecular complexity index is 885. The third kappa shape index (κ3) is 3.37. The van der Waals surface area contributed by atoms with Gasteiger partial charge in [0.05, 0.1) is 4.90 Å². The van der Waals surface area contributed by atoms with Gasteiger partial charge < -0.3 is 4.90 Å². The lowest BCUT2D eigenvalue weighted by Crippen LogP contribution is -2.40. The molecule has 1 aliphatic heterocycles. The number of carbonyl (C=O) groups is 1. The largest absolute Gasteiger partial charge is 0.317 e. The van der Waals surface area contributed by atoms with Crippen molar-refractivity contribution < 1.29 is 13.2 Å². The molecular weight excluding hydrogens is 372 g/mol. The Morgan fingerprint density at radius 2 is 1.73 bits per heavy atom. The van der Waals surface area contributed by atoms with Gasteiger partial charge in [-0.25, -0.2) is 8.42 Å². The first-order valence-electron chi connectivity index (χ1n) is 8.37. The van der Waals surface area contributed by atoms with Gasteiger partial charge in [-0.1, -0.05) is 48.0 Å². The van der Waals surface area contributed by atoms with E-state index in [0.29, 0.717) is 0 Å². The molecule has 7 heteroatoms. The van der Waals surface area contributed by atoms with Gasteiger partial charge in [-0.3, -0.25) is 4.79 Å². The van der Waals surface area contributed by atoms with Gasteiger partial charge in [0.25, 0.3) is 0 Å². The summed E-state index contributed by atoms with van der Waals surface area (Å²) in [7, 11) is -3.76. The van der Waals surface area contributed by atoms with E-state index in [1.807, 2.05) is 44.2 Å². The van der Waals surface area contributed by atoms with Gasteiger partial charge in [0.15, 0.2) is 0 Å². The molecule has 0 aromatic heterocycles. The Morgan fingerprint density at radius 1 is 1.12 bits per heavy atom. The number of nitrogens with zero attached hydrogens (tertiary/aromatic N) is 2. The van der Waals surface area contributed by atoms with Crippen molar-refractivity contribution in [2.24, 2.45) is 0 Å². The number of rotatable bonds is 4. The Balaban J connectivity index is 2.09. The summed E-state index contributed by atoms with van der Waals surface area (Å²) in [6.07, 6.45) is -0.705. The summed E-state index contributed by atoms with van der Waals surface area (Å²) in [5, 5.41) is 0. The van der Waals surface area contributed by atoms with Crippen LogP contribution in [0.5, 0.6) is 0 Å². The van der Waals surface area contributed by atoms with Crippen molar-refractivity contribution in [2.45, 2.75) is 31.0 Å². The van der Waals surface area contributed by atoms with Gasteiger partial charge >= 0.3 is 0 Å². The number of carbonyl (C=O) groups excluding carboxylic acids is 1. The van der Waals surface area contributed by atoms with E-state index in [-0.39, 0.29) is 29.3 Å². The molecule has 1 aliphatic rings. The Hall–Kier alpha value is -1.89. The zero-order valence-corrected chi connectivity index (χ0v) is 16.2. The molecule has 0 bridgehead atoms. The number of aryl methyl sites for hydroxylation is 1. The molecule has 1 fully saturated rings. The molecule has 138 valence electrons. The van der Waals surface area contributed by atoms with Gasteiger partial charge in [-0.2, -0.15) is 4.31 Å². The number of benzene rings is 2. The molecule has 0 aliphatic carbocycles. The van der Waals surface area contributed by atoms with Gasteiger partial charge in [0.2, 0.25) is 15.9 Å². The minimum Gasteiger partial charge on any atom is -0.317 e. The maximum Gasteiger partial charge on any atom is 0.245 e. The molecule has 0 radical (unpaired) electrons. The van der Waals surface area contributed by atoms with Crippen molar-refractivity contribution in [1.82, 2.24) is 9.21 Å². The van der Waals surface area contributed by atoms with Gasteiger partial charge in [-0.05, 0) is 31.5 Å². The third-order valence-electron chi connectivity index (χ3n) is 4.58. The van der Waals surface area contributed by atoms with Gasteiger partial charge in [-0.15, -0.1) is 11.6 Å². The highest BCUT2D eigenvalue weighted by atomic mass is 35.5. The second kappa shape index (κ2) is 7.39. The van der Waals surface area contributed by atoms with E-state index in [1.54, 1.807) is 29.2 Å². The summed E-state index contributed by atoms with van der Waals surface area (Å²) in [5.74, 6) is -0.471. The molecule has 0 saturated carbocycles. The van der Waals surface area contributed by atoms with Crippen LogP contribution in [0.1, 0.15) is 24.2 Å². The summed E-state index contributed by atoms with van der Waals surface area (Å²) >= 11 is 5.79. The lowest BCUT2D eigenvalue weighted by molar-refractivity contribution is -0.131. The molecule has 1 amide bonds. The van der Waals surface area contributed by atoms with Crippen molar-refractivity contribution in [3.05, 3.63) is 65.7 Å². The Morgan fingerprint density at radius 3 is 2.31 bits per heavy atom. The van der Waals surface area contributed by atoms with Crippen LogP contribution in [-0.4, -0.2) is 42.0 Å².